The quantitative estimate of drug-likeness (QED) is 0.821. The second kappa shape index (κ2) is 4.46. The molecule has 3 nitrogen and oxygen atoms in total. The molecule has 2 aliphatic rings. The van der Waals surface area contributed by atoms with Crippen LogP contribution >= 0.6 is 0 Å². The van der Waals surface area contributed by atoms with E-state index in [1.165, 1.54) is 12.8 Å². The molecule has 0 aromatic rings. The molecule has 3 heteroatoms. The normalized spacial score (nSPS) is 40.0. The monoisotopic (exact) mass is 254 g/mol. The van der Waals surface area contributed by atoms with Crippen molar-refractivity contribution < 1.29 is 4.74 Å². The van der Waals surface area contributed by atoms with Crippen molar-refractivity contribution in [2.75, 3.05) is 26.3 Å². The number of nitrogens with two attached hydrogens (primary N) is 1. The second-order valence-electron chi connectivity index (χ2n) is 7.77. The molecule has 1 aliphatic heterocycles. The first-order valence-corrected chi connectivity index (χ1v) is 7.29. The Kier molecular flexibility index (Phi) is 3.54. The van der Waals surface area contributed by atoms with E-state index in [2.05, 4.69) is 39.5 Å². The van der Waals surface area contributed by atoms with Crippen LogP contribution in [0, 0.1) is 11.3 Å². The van der Waals surface area contributed by atoms with Crippen molar-refractivity contribution in [3.05, 3.63) is 0 Å². The average Bonchev–Trinajstić information content (AvgIpc) is 2.48. The molecule has 106 valence electrons. The number of hydrogen-bond donors (Lipinski definition) is 1. The Morgan fingerprint density at radius 3 is 2.39 bits per heavy atom. The first-order chi connectivity index (χ1) is 8.23. The largest absolute Gasteiger partial charge is 0.378 e. The number of hydrogen-bond acceptors (Lipinski definition) is 3. The molecule has 0 bridgehead atoms. The average molecular weight is 254 g/mol. The van der Waals surface area contributed by atoms with Crippen molar-refractivity contribution in [2.45, 2.75) is 58.5 Å². The topological polar surface area (TPSA) is 38.5 Å². The summed E-state index contributed by atoms with van der Waals surface area (Å²) in [5, 5.41) is 0. The van der Waals surface area contributed by atoms with Gasteiger partial charge in [-0.3, -0.25) is 4.90 Å². The van der Waals surface area contributed by atoms with Gasteiger partial charge in [-0.25, -0.2) is 0 Å². The number of rotatable bonds is 2. The molecule has 0 aromatic heterocycles. The van der Waals surface area contributed by atoms with E-state index in [1.807, 2.05) is 0 Å². The van der Waals surface area contributed by atoms with E-state index < -0.39 is 0 Å². The van der Waals surface area contributed by atoms with Crippen molar-refractivity contribution in [3.63, 3.8) is 0 Å². The summed E-state index contributed by atoms with van der Waals surface area (Å²) in [5.74, 6) is 0.662. The van der Waals surface area contributed by atoms with Crippen molar-refractivity contribution in [2.24, 2.45) is 17.1 Å². The lowest BCUT2D eigenvalue weighted by Crippen LogP contribution is -2.67. The highest BCUT2D eigenvalue weighted by atomic mass is 16.5. The summed E-state index contributed by atoms with van der Waals surface area (Å²) < 4.78 is 5.67. The third kappa shape index (κ3) is 2.21. The van der Waals surface area contributed by atoms with E-state index in [1.54, 1.807) is 0 Å². The smallest absolute Gasteiger partial charge is 0.0645 e. The van der Waals surface area contributed by atoms with E-state index in [4.69, 9.17) is 10.5 Å². The Morgan fingerprint density at radius 2 is 1.94 bits per heavy atom. The fourth-order valence-corrected chi connectivity index (χ4v) is 4.52. The molecule has 2 rings (SSSR count). The van der Waals surface area contributed by atoms with Gasteiger partial charge < -0.3 is 10.5 Å². The molecule has 1 saturated carbocycles. The Morgan fingerprint density at radius 1 is 1.28 bits per heavy atom. The zero-order valence-electron chi connectivity index (χ0n) is 12.8. The zero-order chi connectivity index (χ0) is 13.6. The van der Waals surface area contributed by atoms with Gasteiger partial charge in [0.05, 0.1) is 13.2 Å². The maximum absolute atomic E-state index is 6.25. The van der Waals surface area contributed by atoms with Crippen molar-refractivity contribution in [1.29, 1.82) is 0 Å². The standard InChI is InChI=1S/C15H30N2O/c1-12-8-13(2,3)9-15(12,10-16)17-6-7-18-11-14(17,4)5/h12H,6-11,16H2,1-5H3. The lowest BCUT2D eigenvalue weighted by molar-refractivity contribution is -0.114. The lowest BCUT2D eigenvalue weighted by Gasteiger charge is -2.54. The molecule has 2 unspecified atom stereocenters. The maximum Gasteiger partial charge on any atom is 0.0645 e. The van der Waals surface area contributed by atoms with Gasteiger partial charge in [0.25, 0.3) is 0 Å². The summed E-state index contributed by atoms with van der Waals surface area (Å²) in [7, 11) is 0. The molecular formula is C15H30N2O. The Labute approximate surface area is 112 Å². The van der Waals surface area contributed by atoms with Crippen LogP contribution in [0.5, 0.6) is 0 Å². The van der Waals surface area contributed by atoms with Gasteiger partial charge in [-0.05, 0) is 38.0 Å². The minimum Gasteiger partial charge on any atom is -0.378 e. The highest BCUT2D eigenvalue weighted by Gasteiger charge is 2.54. The molecule has 2 atom stereocenters. The summed E-state index contributed by atoms with van der Waals surface area (Å²) in [5.41, 5.74) is 6.93. The van der Waals surface area contributed by atoms with Crippen molar-refractivity contribution in [3.8, 4) is 0 Å². The van der Waals surface area contributed by atoms with E-state index in [9.17, 15) is 0 Å². The summed E-state index contributed by atoms with van der Waals surface area (Å²) >= 11 is 0. The van der Waals surface area contributed by atoms with Crippen LogP contribution in [0.4, 0.5) is 0 Å². The van der Waals surface area contributed by atoms with Gasteiger partial charge >= 0.3 is 0 Å². The fourth-order valence-electron chi connectivity index (χ4n) is 4.52. The van der Waals surface area contributed by atoms with Crippen LogP contribution in [0.1, 0.15) is 47.5 Å². The molecule has 0 amide bonds. The first kappa shape index (κ1) is 14.3. The summed E-state index contributed by atoms with van der Waals surface area (Å²) in [6.07, 6.45) is 2.48. The summed E-state index contributed by atoms with van der Waals surface area (Å²) in [4.78, 5) is 2.66. The highest BCUT2D eigenvalue weighted by molar-refractivity contribution is 5.09. The first-order valence-electron chi connectivity index (χ1n) is 7.29. The van der Waals surface area contributed by atoms with E-state index in [-0.39, 0.29) is 11.1 Å². The van der Waals surface area contributed by atoms with E-state index in [0.29, 0.717) is 11.3 Å². The fraction of sp³-hybridized carbons (Fsp3) is 1.00. The number of morpholine rings is 1. The zero-order valence-corrected chi connectivity index (χ0v) is 12.8. The SMILES string of the molecule is CC1CC(C)(C)CC1(CN)N1CCOCC1(C)C. The Balaban J connectivity index is 2.32. The molecule has 2 fully saturated rings. The van der Waals surface area contributed by atoms with Crippen LogP contribution in [-0.4, -0.2) is 42.3 Å². The predicted octanol–water partition coefficient (Wildman–Crippen LogP) is 2.25. The third-order valence-electron chi connectivity index (χ3n) is 5.10. The molecular weight excluding hydrogens is 224 g/mol. The summed E-state index contributed by atoms with van der Waals surface area (Å²) in [6, 6.07) is 0. The van der Waals surface area contributed by atoms with Gasteiger partial charge in [0.1, 0.15) is 0 Å². The predicted molar refractivity (Wildman–Crippen MR) is 75.6 cm³/mol. The number of nitrogens with zero attached hydrogens (tertiary/aromatic N) is 1. The highest BCUT2D eigenvalue weighted by Crippen LogP contribution is 2.51. The van der Waals surface area contributed by atoms with Gasteiger partial charge in [-0.2, -0.15) is 0 Å². The van der Waals surface area contributed by atoms with Crippen molar-refractivity contribution in [1.82, 2.24) is 4.90 Å². The third-order valence-corrected chi connectivity index (χ3v) is 5.10. The number of ether oxygens (including phenoxy) is 1. The van der Waals surface area contributed by atoms with Crippen LogP contribution in [0.2, 0.25) is 0 Å². The van der Waals surface area contributed by atoms with Crippen LogP contribution < -0.4 is 5.73 Å². The van der Waals surface area contributed by atoms with Gasteiger partial charge in [0.2, 0.25) is 0 Å². The molecule has 0 spiro atoms. The van der Waals surface area contributed by atoms with Crippen LogP contribution in [0.3, 0.4) is 0 Å². The minimum absolute atomic E-state index is 0.103. The van der Waals surface area contributed by atoms with E-state index in [0.717, 1.165) is 26.3 Å². The minimum atomic E-state index is 0.103. The van der Waals surface area contributed by atoms with E-state index >= 15 is 0 Å². The molecule has 1 saturated heterocycles. The maximum atomic E-state index is 6.25. The molecule has 0 radical (unpaired) electrons. The Hall–Kier alpha value is -0.120. The molecule has 1 aliphatic carbocycles. The van der Waals surface area contributed by atoms with Gasteiger partial charge in [-0.15, -0.1) is 0 Å². The molecule has 2 N–H and O–H groups in total. The van der Waals surface area contributed by atoms with Crippen LogP contribution in [-0.2, 0) is 4.74 Å². The van der Waals surface area contributed by atoms with Gasteiger partial charge in [-0.1, -0.05) is 20.8 Å². The lowest BCUT2D eigenvalue weighted by atomic mass is 9.81. The molecule has 1 heterocycles. The summed E-state index contributed by atoms with van der Waals surface area (Å²) in [6.45, 7) is 15.2. The molecule has 18 heavy (non-hydrogen) atoms. The Bertz CT molecular complexity index is 314. The van der Waals surface area contributed by atoms with Crippen LogP contribution in [0.25, 0.3) is 0 Å². The van der Waals surface area contributed by atoms with Crippen molar-refractivity contribution >= 4 is 0 Å². The van der Waals surface area contributed by atoms with Crippen LogP contribution in [0.15, 0.2) is 0 Å². The van der Waals surface area contributed by atoms with Gasteiger partial charge in [0.15, 0.2) is 0 Å². The molecule has 0 aromatic carbocycles. The van der Waals surface area contributed by atoms with Gasteiger partial charge in [0, 0.05) is 24.2 Å². The second-order valence-corrected chi connectivity index (χ2v) is 7.77.